The van der Waals surface area contributed by atoms with Crippen LogP contribution < -0.4 is 19.3 Å². The van der Waals surface area contributed by atoms with Crippen LogP contribution in [0, 0.1) is 0 Å². The Kier molecular flexibility index (Phi) is 10.9. The molecule has 0 saturated carbocycles. The Hall–Kier alpha value is -5.17. The average Bonchev–Trinajstić information content (AvgIpc) is 3.62. The lowest BCUT2D eigenvalue weighted by molar-refractivity contribution is -0.121. The number of hydrogen-bond donors (Lipinski definition) is 0. The van der Waals surface area contributed by atoms with E-state index in [1.807, 2.05) is 78.9 Å². The zero-order valence-electron chi connectivity index (χ0n) is 30.3. The van der Waals surface area contributed by atoms with Crippen LogP contribution in [0.4, 0.5) is 15.6 Å². The standard InChI is InChI=1S/C42H44N4O7S/c1-49-21-7-19-46-36-22-30(12-17-37(36)51-28-40(46)47)27-50-38-25-44(42(48)52-26-29-8-3-2-4-9-29)20-18-34(38)31-13-15-32(16-14-31)53-33-23-45(24-33)41-43-35-10-5-6-11-39(35)54-41/h2-6,8-17,22,33-34,38H,7,18-21,23-28H2,1H3. The highest BCUT2D eigenvalue weighted by Gasteiger charge is 2.35. The topological polar surface area (TPSA) is 103 Å². The molecular formula is C42H44N4O7S. The third-order valence-corrected chi connectivity index (χ3v) is 11.3. The maximum absolute atomic E-state index is 13.3. The van der Waals surface area contributed by atoms with Crippen molar-refractivity contribution in [2.75, 3.05) is 62.8 Å². The van der Waals surface area contributed by atoms with Crippen molar-refractivity contribution < 1.29 is 33.3 Å². The Balaban J connectivity index is 0.932. The average molecular weight is 749 g/mol. The highest BCUT2D eigenvalue weighted by Crippen LogP contribution is 2.37. The first-order valence-corrected chi connectivity index (χ1v) is 19.3. The molecule has 2 fully saturated rings. The van der Waals surface area contributed by atoms with Crippen molar-refractivity contribution in [1.82, 2.24) is 9.88 Å². The Morgan fingerprint density at radius 3 is 2.56 bits per heavy atom. The van der Waals surface area contributed by atoms with E-state index in [4.69, 9.17) is 28.7 Å². The number of thiazole rings is 1. The van der Waals surface area contributed by atoms with Crippen LogP contribution in [0.5, 0.6) is 11.5 Å². The van der Waals surface area contributed by atoms with Gasteiger partial charge in [-0.3, -0.25) is 4.79 Å². The summed E-state index contributed by atoms with van der Waals surface area (Å²) in [5.74, 6) is 1.47. The summed E-state index contributed by atoms with van der Waals surface area (Å²) < 4.78 is 30.9. The van der Waals surface area contributed by atoms with E-state index in [-0.39, 0.29) is 43.3 Å². The van der Waals surface area contributed by atoms with Crippen LogP contribution in [0.25, 0.3) is 10.2 Å². The fourth-order valence-corrected chi connectivity index (χ4v) is 8.23. The first-order valence-electron chi connectivity index (χ1n) is 18.5. The number of aromatic nitrogens is 1. The van der Waals surface area contributed by atoms with Gasteiger partial charge in [-0.15, -0.1) is 0 Å². The summed E-state index contributed by atoms with van der Waals surface area (Å²) in [6.45, 7) is 4.16. The molecule has 2 amide bonds. The van der Waals surface area contributed by atoms with Crippen LogP contribution in [0.3, 0.4) is 0 Å². The molecule has 2 atom stereocenters. The summed E-state index contributed by atoms with van der Waals surface area (Å²) in [6.07, 6.45) is 0.874. The molecule has 3 aliphatic heterocycles. The third kappa shape index (κ3) is 8.15. The second kappa shape index (κ2) is 16.5. The number of carbonyl (C=O) groups excluding carboxylic acids is 2. The van der Waals surface area contributed by atoms with Gasteiger partial charge in [0.25, 0.3) is 5.91 Å². The Morgan fingerprint density at radius 1 is 0.926 bits per heavy atom. The molecule has 0 N–H and O–H groups in total. The molecule has 12 heteroatoms. The van der Waals surface area contributed by atoms with Crippen LogP contribution in [-0.4, -0.2) is 87.1 Å². The summed E-state index contributed by atoms with van der Waals surface area (Å²) in [5, 5.41) is 1.03. The van der Waals surface area contributed by atoms with Gasteiger partial charge in [0.05, 0.1) is 48.2 Å². The monoisotopic (exact) mass is 748 g/mol. The summed E-state index contributed by atoms with van der Waals surface area (Å²) in [7, 11) is 1.66. The van der Waals surface area contributed by atoms with E-state index in [1.54, 1.807) is 28.2 Å². The predicted octanol–water partition coefficient (Wildman–Crippen LogP) is 7.04. The van der Waals surface area contributed by atoms with Crippen molar-refractivity contribution in [3.8, 4) is 11.5 Å². The van der Waals surface area contributed by atoms with Crippen molar-refractivity contribution in [2.45, 2.75) is 44.2 Å². The number of nitrogens with zero attached hydrogens (tertiary/aromatic N) is 4. The number of rotatable bonds is 13. The van der Waals surface area contributed by atoms with Gasteiger partial charge in [0.15, 0.2) is 11.7 Å². The van der Waals surface area contributed by atoms with Gasteiger partial charge in [0, 0.05) is 32.7 Å². The SMILES string of the molecule is COCCCN1C(=O)COc2ccc(COC3CN(C(=O)OCc4ccccc4)CCC3c3ccc(OC4CN(c5nc6ccccc6s5)C4)cc3)cc21. The fourth-order valence-electron chi connectivity index (χ4n) is 7.25. The summed E-state index contributed by atoms with van der Waals surface area (Å²) in [4.78, 5) is 36.6. The molecule has 8 rings (SSSR count). The molecule has 5 aromatic rings. The molecular weight excluding hydrogens is 705 g/mol. The van der Waals surface area contributed by atoms with Crippen LogP contribution in [-0.2, 0) is 32.2 Å². The molecule has 3 aliphatic rings. The number of para-hydroxylation sites is 1. The molecule has 54 heavy (non-hydrogen) atoms. The number of fused-ring (bicyclic) bond motifs is 2. The van der Waals surface area contributed by atoms with Crippen molar-refractivity contribution >= 4 is 44.4 Å². The fraction of sp³-hybridized carbons (Fsp3) is 0.357. The number of likely N-dealkylation sites (tertiary alicyclic amines) is 1. The van der Waals surface area contributed by atoms with Crippen LogP contribution in [0.2, 0.25) is 0 Å². The molecule has 4 heterocycles. The van der Waals surface area contributed by atoms with E-state index in [0.717, 1.165) is 58.3 Å². The summed E-state index contributed by atoms with van der Waals surface area (Å²) >= 11 is 1.71. The molecule has 0 radical (unpaired) electrons. The number of piperidine rings is 1. The smallest absolute Gasteiger partial charge is 0.410 e. The highest BCUT2D eigenvalue weighted by molar-refractivity contribution is 7.22. The number of methoxy groups -OCH3 is 1. The van der Waals surface area contributed by atoms with Gasteiger partial charge in [0.1, 0.15) is 24.2 Å². The molecule has 11 nitrogen and oxygen atoms in total. The number of benzene rings is 4. The van der Waals surface area contributed by atoms with E-state index in [9.17, 15) is 9.59 Å². The molecule has 280 valence electrons. The lowest BCUT2D eigenvalue weighted by atomic mass is 9.87. The van der Waals surface area contributed by atoms with Crippen molar-refractivity contribution in [3.05, 3.63) is 114 Å². The van der Waals surface area contributed by atoms with Gasteiger partial charge in [-0.1, -0.05) is 72.0 Å². The van der Waals surface area contributed by atoms with Crippen LogP contribution >= 0.6 is 11.3 Å². The quantitative estimate of drug-likeness (QED) is 0.117. The third-order valence-electron chi connectivity index (χ3n) is 10.2. The van der Waals surface area contributed by atoms with E-state index in [1.165, 1.54) is 4.70 Å². The minimum atomic E-state index is -0.355. The van der Waals surface area contributed by atoms with E-state index in [2.05, 4.69) is 23.1 Å². The van der Waals surface area contributed by atoms with Gasteiger partial charge in [-0.05, 0) is 65.9 Å². The molecule has 0 spiro atoms. The minimum absolute atomic E-state index is 0.0168. The van der Waals surface area contributed by atoms with Gasteiger partial charge < -0.3 is 38.4 Å². The van der Waals surface area contributed by atoms with Gasteiger partial charge in [-0.25, -0.2) is 9.78 Å². The molecule has 2 saturated heterocycles. The zero-order valence-corrected chi connectivity index (χ0v) is 31.1. The van der Waals surface area contributed by atoms with Gasteiger partial charge in [-0.2, -0.15) is 0 Å². The molecule has 0 bridgehead atoms. The maximum atomic E-state index is 13.3. The van der Waals surface area contributed by atoms with Crippen molar-refractivity contribution in [2.24, 2.45) is 0 Å². The van der Waals surface area contributed by atoms with Gasteiger partial charge >= 0.3 is 6.09 Å². The second-order valence-corrected chi connectivity index (χ2v) is 14.9. The Morgan fingerprint density at radius 2 is 1.74 bits per heavy atom. The minimum Gasteiger partial charge on any atom is -0.487 e. The first-order chi connectivity index (χ1) is 26.5. The summed E-state index contributed by atoms with van der Waals surface area (Å²) in [5.41, 5.74) is 4.75. The lowest BCUT2D eigenvalue weighted by Crippen LogP contribution is -2.54. The summed E-state index contributed by atoms with van der Waals surface area (Å²) in [6, 6.07) is 32.0. The maximum Gasteiger partial charge on any atom is 0.410 e. The molecule has 1 aromatic heterocycles. The van der Waals surface area contributed by atoms with Crippen molar-refractivity contribution in [1.29, 1.82) is 0 Å². The van der Waals surface area contributed by atoms with Crippen LogP contribution in [0.1, 0.15) is 35.4 Å². The van der Waals surface area contributed by atoms with E-state index < -0.39 is 0 Å². The van der Waals surface area contributed by atoms with Crippen LogP contribution in [0.15, 0.2) is 97.1 Å². The molecule has 4 aromatic carbocycles. The first kappa shape index (κ1) is 35.8. The number of amides is 2. The number of carbonyl (C=O) groups is 2. The van der Waals surface area contributed by atoms with E-state index in [0.29, 0.717) is 45.0 Å². The molecule has 2 unspecified atom stereocenters. The number of hydrogen-bond acceptors (Lipinski definition) is 10. The highest BCUT2D eigenvalue weighted by atomic mass is 32.1. The lowest BCUT2D eigenvalue weighted by Gasteiger charge is -2.39. The Bertz CT molecular complexity index is 2020. The second-order valence-electron chi connectivity index (χ2n) is 13.9. The molecule has 0 aliphatic carbocycles. The normalized spacial score (nSPS) is 18.6. The van der Waals surface area contributed by atoms with E-state index >= 15 is 0 Å². The van der Waals surface area contributed by atoms with Crippen molar-refractivity contribution in [3.63, 3.8) is 0 Å². The largest absolute Gasteiger partial charge is 0.487 e. The predicted molar refractivity (Wildman–Crippen MR) is 208 cm³/mol. The Labute approximate surface area is 319 Å². The van der Waals surface area contributed by atoms with Gasteiger partial charge in [0.2, 0.25) is 0 Å². The number of anilines is 2. The zero-order chi connectivity index (χ0) is 36.9. The number of ether oxygens (including phenoxy) is 5.